The first kappa shape index (κ1) is 94.4. The van der Waals surface area contributed by atoms with Gasteiger partial charge in [-0.2, -0.15) is 0 Å². The molecule has 0 aromatic rings. The van der Waals surface area contributed by atoms with Crippen LogP contribution in [0.25, 0.3) is 0 Å². The SMILES string of the molecule is CC/C=C\C/C=C\C/C=C\C/C=C\C/C=C\CCCCCCCCCCCCCCCCCCCCCCCCCC(=O)OC(COC(=O)CCCCCCCCCCCCCCCCCCCCC/C=C\C/C=C\C/C=C\C/C=C\C/C=C\CC)COP(=O)(O)OCC[N+](C)(C)C. The number of likely N-dealkylation sites (N-methyl/N-ethyl adjacent to an activating group) is 1. The van der Waals surface area contributed by atoms with Crippen LogP contribution in [0.3, 0.4) is 0 Å². The van der Waals surface area contributed by atoms with Gasteiger partial charge < -0.3 is 18.9 Å². The van der Waals surface area contributed by atoms with Gasteiger partial charge in [0, 0.05) is 12.8 Å². The van der Waals surface area contributed by atoms with Gasteiger partial charge in [-0.15, -0.1) is 0 Å². The van der Waals surface area contributed by atoms with Gasteiger partial charge in [0.25, 0.3) is 0 Å². The summed E-state index contributed by atoms with van der Waals surface area (Å²) in [5, 5.41) is 0. The number of ether oxygens (including phenoxy) is 2. The number of quaternary nitrogens is 1. The molecular formula is C88H157NO8P+. The number of allylic oxidation sites excluding steroid dienone is 20. The molecule has 2 atom stereocenters. The number of rotatable bonds is 76. The molecule has 0 aliphatic heterocycles. The van der Waals surface area contributed by atoms with E-state index in [2.05, 4.69) is 135 Å². The third-order valence-electron chi connectivity index (χ3n) is 18.0. The van der Waals surface area contributed by atoms with Gasteiger partial charge in [0.1, 0.15) is 19.8 Å². The van der Waals surface area contributed by atoms with E-state index in [-0.39, 0.29) is 32.0 Å². The normalized spacial score (nSPS) is 13.7. The predicted octanol–water partition coefficient (Wildman–Crippen LogP) is 27.7. The van der Waals surface area contributed by atoms with Crippen molar-refractivity contribution in [3.63, 3.8) is 0 Å². The van der Waals surface area contributed by atoms with Crippen molar-refractivity contribution in [2.75, 3.05) is 47.5 Å². The average Bonchev–Trinajstić information content (AvgIpc) is 1.23. The molecule has 0 fully saturated rings. The van der Waals surface area contributed by atoms with E-state index in [9.17, 15) is 19.0 Å². The van der Waals surface area contributed by atoms with E-state index in [4.69, 9.17) is 18.5 Å². The largest absolute Gasteiger partial charge is 0.472 e. The summed E-state index contributed by atoms with van der Waals surface area (Å²) in [6.07, 6.45) is 112. The third-order valence-corrected chi connectivity index (χ3v) is 19.0. The first-order valence-corrected chi connectivity index (χ1v) is 42.8. The van der Waals surface area contributed by atoms with Crippen LogP contribution < -0.4 is 0 Å². The van der Waals surface area contributed by atoms with Gasteiger partial charge >= 0.3 is 19.8 Å². The van der Waals surface area contributed by atoms with E-state index < -0.39 is 26.5 Å². The minimum absolute atomic E-state index is 0.0311. The lowest BCUT2D eigenvalue weighted by Crippen LogP contribution is -2.37. The van der Waals surface area contributed by atoms with E-state index in [0.29, 0.717) is 17.4 Å². The summed E-state index contributed by atoms with van der Waals surface area (Å²) >= 11 is 0. The molecule has 566 valence electrons. The number of phosphoric ester groups is 1. The number of hydrogen-bond donors (Lipinski definition) is 1. The Morgan fingerprint density at radius 1 is 0.316 bits per heavy atom. The molecule has 0 rings (SSSR count). The first-order valence-electron chi connectivity index (χ1n) is 41.3. The zero-order valence-electron chi connectivity index (χ0n) is 64.8. The predicted molar refractivity (Wildman–Crippen MR) is 427 cm³/mol. The fourth-order valence-corrected chi connectivity index (χ4v) is 12.5. The van der Waals surface area contributed by atoms with Gasteiger partial charge in [-0.1, -0.05) is 379 Å². The molecule has 98 heavy (non-hydrogen) atoms. The maximum atomic E-state index is 12.9. The highest BCUT2D eigenvalue weighted by molar-refractivity contribution is 7.47. The van der Waals surface area contributed by atoms with Crippen LogP contribution in [0.4, 0.5) is 0 Å². The molecule has 0 bridgehead atoms. The van der Waals surface area contributed by atoms with Gasteiger partial charge in [-0.25, -0.2) is 4.57 Å². The molecule has 0 saturated heterocycles. The second-order valence-corrected chi connectivity index (χ2v) is 30.2. The molecule has 0 aromatic carbocycles. The molecule has 10 heteroatoms. The molecule has 0 heterocycles. The van der Waals surface area contributed by atoms with Gasteiger partial charge in [0.05, 0.1) is 27.7 Å². The second-order valence-electron chi connectivity index (χ2n) is 28.7. The van der Waals surface area contributed by atoms with Crippen LogP contribution in [0, 0.1) is 0 Å². The Kier molecular flexibility index (Phi) is 74.7. The van der Waals surface area contributed by atoms with E-state index in [0.717, 1.165) is 96.3 Å². The molecule has 9 nitrogen and oxygen atoms in total. The summed E-state index contributed by atoms with van der Waals surface area (Å²) in [5.74, 6) is -0.781. The fourth-order valence-electron chi connectivity index (χ4n) is 11.8. The lowest BCUT2D eigenvalue weighted by molar-refractivity contribution is -0.870. The van der Waals surface area contributed by atoms with Crippen LogP contribution in [0.1, 0.15) is 373 Å². The quantitative estimate of drug-likeness (QED) is 0.0211. The van der Waals surface area contributed by atoms with Crippen molar-refractivity contribution in [3.8, 4) is 0 Å². The second kappa shape index (κ2) is 77.6. The number of unbranched alkanes of at least 4 members (excludes halogenated alkanes) is 42. The smallest absolute Gasteiger partial charge is 0.462 e. The van der Waals surface area contributed by atoms with Gasteiger partial charge in [-0.3, -0.25) is 18.6 Å². The molecular weight excluding hydrogens is 1230 g/mol. The number of carbonyl (C=O) groups is 2. The first-order chi connectivity index (χ1) is 48.0. The molecule has 0 aliphatic rings. The summed E-state index contributed by atoms with van der Waals surface area (Å²) in [6, 6.07) is 0. The van der Waals surface area contributed by atoms with Crippen LogP contribution >= 0.6 is 7.82 Å². The summed E-state index contributed by atoms with van der Waals surface area (Å²) in [6.45, 7) is 4.25. The molecule has 0 radical (unpaired) electrons. The van der Waals surface area contributed by atoms with E-state index >= 15 is 0 Å². The molecule has 0 amide bonds. The summed E-state index contributed by atoms with van der Waals surface area (Å²) in [7, 11) is 1.49. The minimum Gasteiger partial charge on any atom is -0.462 e. The van der Waals surface area contributed by atoms with Crippen LogP contribution in [0.15, 0.2) is 122 Å². The monoisotopic (exact) mass is 1390 g/mol. The average molecular weight is 1390 g/mol. The molecule has 1 N–H and O–H groups in total. The Balaban J connectivity index is 3.92. The minimum atomic E-state index is -4.40. The molecule has 0 aromatic heterocycles. The van der Waals surface area contributed by atoms with Gasteiger partial charge in [-0.05, 0) is 103 Å². The topological polar surface area (TPSA) is 108 Å². The van der Waals surface area contributed by atoms with Crippen molar-refractivity contribution in [1.82, 2.24) is 0 Å². The number of hydrogen-bond acceptors (Lipinski definition) is 7. The number of nitrogens with zero attached hydrogens (tertiary/aromatic N) is 1. The zero-order valence-corrected chi connectivity index (χ0v) is 65.6. The Morgan fingerprint density at radius 3 is 0.816 bits per heavy atom. The van der Waals surface area contributed by atoms with Crippen LogP contribution in [-0.4, -0.2) is 74.9 Å². The lowest BCUT2D eigenvalue weighted by Gasteiger charge is -2.24. The Bertz CT molecular complexity index is 2070. The van der Waals surface area contributed by atoms with Gasteiger partial charge in [0.2, 0.25) is 0 Å². The van der Waals surface area contributed by atoms with E-state index in [1.807, 2.05) is 21.1 Å². The summed E-state index contributed by atoms with van der Waals surface area (Å²) in [4.78, 5) is 36.0. The van der Waals surface area contributed by atoms with Crippen LogP contribution in [0.2, 0.25) is 0 Å². The number of esters is 2. The van der Waals surface area contributed by atoms with Crippen LogP contribution in [0.5, 0.6) is 0 Å². The van der Waals surface area contributed by atoms with Crippen LogP contribution in [-0.2, 0) is 32.7 Å². The molecule has 0 spiro atoms. The number of carbonyl (C=O) groups excluding carboxylic acids is 2. The highest BCUT2D eigenvalue weighted by Gasteiger charge is 2.27. The summed E-state index contributed by atoms with van der Waals surface area (Å²) in [5.41, 5.74) is 0. The van der Waals surface area contributed by atoms with Crippen molar-refractivity contribution in [2.45, 2.75) is 380 Å². The lowest BCUT2D eigenvalue weighted by atomic mass is 10.0. The van der Waals surface area contributed by atoms with Gasteiger partial charge in [0.15, 0.2) is 6.10 Å². The van der Waals surface area contributed by atoms with E-state index in [1.54, 1.807) is 0 Å². The molecule has 2 unspecified atom stereocenters. The standard InChI is InChI=1S/C88H156NO8P/c1-6-8-10-12-14-16-18-20-22-24-26-28-30-32-34-36-38-40-42-43-44-45-47-49-51-53-55-57-59-61-63-65-67-69-71-73-75-77-79-81-88(91)97-86(85-96-98(92,93)95-83-82-89(3,4)5)84-94-87(90)80-78-76-74-72-70-68-66-64-62-60-58-56-54-52-50-48-46-41-39-37-35-33-31-29-27-25-23-21-19-17-15-13-11-9-7-2/h8-11,14-17,20-23,26-29,32-35,86H,6-7,12-13,18-19,24-25,30-31,36-85H2,1-5H3/p+1/b10-8-,11-9-,16-14-,17-15-,22-20-,23-21-,28-26-,29-27-,34-32-,35-33-. The Labute approximate surface area is 607 Å². The van der Waals surface area contributed by atoms with Crippen molar-refractivity contribution >= 4 is 19.8 Å². The zero-order chi connectivity index (χ0) is 71.1. The Morgan fingerprint density at radius 2 is 0.551 bits per heavy atom. The van der Waals surface area contributed by atoms with Crippen molar-refractivity contribution < 1.29 is 42.1 Å². The van der Waals surface area contributed by atoms with Crippen molar-refractivity contribution in [1.29, 1.82) is 0 Å². The molecule has 0 aliphatic carbocycles. The Hall–Kier alpha value is -3.59. The van der Waals surface area contributed by atoms with Crippen molar-refractivity contribution in [3.05, 3.63) is 122 Å². The maximum Gasteiger partial charge on any atom is 0.472 e. The third kappa shape index (κ3) is 81.4. The highest BCUT2D eigenvalue weighted by atomic mass is 31.2. The number of phosphoric acid groups is 1. The van der Waals surface area contributed by atoms with Crippen molar-refractivity contribution in [2.24, 2.45) is 0 Å². The van der Waals surface area contributed by atoms with E-state index in [1.165, 1.54) is 244 Å². The summed E-state index contributed by atoms with van der Waals surface area (Å²) < 4.78 is 34.9. The maximum absolute atomic E-state index is 12.9. The highest BCUT2D eigenvalue weighted by Crippen LogP contribution is 2.43. The fraction of sp³-hybridized carbons (Fsp3) is 0.750. The molecule has 0 saturated carbocycles.